The normalized spacial score (nSPS) is 15.3. The SMILES string of the molecule is Cc1nnc(NC(=O)CSc2nc3c(c(=O)n2-c2ccc(F)cc2)S[C@@H](C)C3)s1. The molecule has 150 valence electrons. The number of aromatic nitrogens is 4. The number of aryl methyl sites for hydroxylation is 1. The van der Waals surface area contributed by atoms with Crippen LogP contribution in [0.5, 0.6) is 0 Å². The van der Waals surface area contributed by atoms with E-state index < -0.39 is 0 Å². The number of carbonyl (C=O) groups is 1. The lowest BCUT2D eigenvalue weighted by Crippen LogP contribution is -2.24. The highest BCUT2D eigenvalue weighted by atomic mass is 32.2. The quantitative estimate of drug-likeness (QED) is 0.472. The van der Waals surface area contributed by atoms with E-state index in [0.29, 0.717) is 27.3 Å². The number of nitrogens with one attached hydrogen (secondary N) is 1. The van der Waals surface area contributed by atoms with Crippen LogP contribution in [-0.4, -0.2) is 36.7 Å². The minimum absolute atomic E-state index is 0.0494. The topological polar surface area (TPSA) is 89.8 Å². The third kappa shape index (κ3) is 4.36. The van der Waals surface area contributed by atoms with Crippen LogP contribution in [0.4, 0.5) is 9.52 Å². The van der Waals surface area contributed by atoms with Gasteiger partial charge in [0.1, 0.15) is 10.8 Å². The molecule has 0 radical (unpaired) electrons. The molecule has 29 heavy (non-hydrogen) atoms. The molecule has 1 aromatic carbocycles. The largest absolute Gasteiger partial charge is 0.300 e. The average molecular weight is 450 g/mol. The smallest absolute Gasteiger partial charge is 0.272 e. The number of anilines is 1. The van der Waals surface area contributed by atoms with Gasteiger partial charge in [-0.1, -0.05) is 30.0 Å². The van der Waals surface area contributed by atoms with Gasteiger partial charge in [0.2, 0.25) is 11.0 Å². The number of thioether (sulfide) groups is 2. The van der Waals surface area contributed by atoms with Crippen LogP contribution >= 0.6 is 34.9 Å². The van der Waals surface area contributed by atoms with Crippen molar-refractivity contribution in [3.05, 3.63) is 51.1 Å². The monoisotopic (exact) mass is 449 g/mol. The molecule has 1 aliphatic rings. The molecule has 0 unspecified atom stereocenters. The number of hydrogen-bond acceptors (Lipinski definition) is 8. The van der Waals surface area contributed by atoms with E-state index in [4.69, 9.17) is 0 Å². The summed E-state index contributed by atoms with van der Waals surface area (Å²) in [6.07, 6.45) is 0.698. The number of carbonyl (C=O) groups excluding carboxylic acids is 1. The Bertz CT molecular complexity index is 1130. The molecule has 1 aliphatic heterocycles. The van der Waals surface area contributed by atoms with E-state index in [1.54, 1.807) is 6.92 Å². The number of halogens is 1. The molecule has 2 aromatic heterocycles. The number of hydrogen-bond donors (Lipinski definition) is 1. The van der Waals surface area contributed by atoms with Crippen molar-refractivity contribution in [1.29, 1.82) is 0 Å². The fourth-order valence-corrected chi connectivity index (χ4v) is 5.38. The summed E-state index contributed by atoms with van der Waals surface area (Å²) in [6, 6.07) is 5.65. The van der Waals surface area contributed by atoms with E-state index in [-0.39, 0.29) is 28.3 Å². The van der Waals surface area contributed by atoms with Crippen LogP contribution in [0.3, 0.4) is 0 Å². The van der Waals surface area contributed by atoms with Crippen LogP contribution in [0.2, 0.25) is 0 Å². The molecule has 3 heterocycles. The van der Waals surface area contributed by atoms with Gasteiger partial charge in [0.25, 0.3) is 5.56 Å². The van der Waals surface area contributed by atoms with Crippen LogP contribution < -0.4 is 10.9 Å². The van der Waals surface area contributed by atoms with Gasteiger partial charge < -0.3 is 0 Å². The minimum atomic E-state index is -0.389. The molecule has 11 heteroatoms. The van der Waals surface area contributed by atoms with Crippen molar-refractivity contribution in [2.75, 3.05) is 11.1 Å². The molecular weight excluding hydrogens is 433 g/mol. The third-order valence-electron chi connectivity index (χ3n) is 4.07. The van der Waals surface area contributed by atoms with E-state index in [9.17, 15) is 14.0 Å². The maximum absolute atomic E-state index is 13.4. The van der Waals surface area contributed by atoms with E-state index in [0.717, 1.165) is 22.5 Å². The first-order valence-electron chi connectivity index (χ1n) is 8.72. The van der Waals surface area contributed by atoms with Crippen LogP contribution in [0.25, 0.3) is 5.69 Å². The molecule has 0 bridgehead atoms. The fraction of sp³-hybridized carbons (Fsp3) is 0.278. The Hall–Kier alpha value is -2.24. The van der Waals surface area contributed by atoms with E-state index in [1.165, 1.54) is 51.9 Å². The highest BCUT2D eigenvalue weighted by Gasteiger charge is 2.27. The van der Waals surface area contributed by atoms with Crippen LogP contribution in [0, 0.1) is 12.7 Å². The highest BCUT2D eigenvalue weighted by Crippen LogP contribution is 2.34. The summed E-state index contributed by atoms with van der Waals surface area (Å²) in [5, 5.41) is 12.3. The van der Waals surface area contributed by atoms with Gasteiger partial charge >= 0.3 is 0 Å². The minimum Gasteiger partial charge on any atom is -0.300 e. The lowest BCUT2D eigenvalue weighted by atomic mass is 10.2. The van der Waals surface area contributed by atoms with Gasteiger partial charge in [0.15, 0.2) is 5.16 Å². The zero-order chi connectivity index (χ0) is 20.5. The summed E-state index contributed by atoms with van der Waals surface area (Å²) >= 11 is 3.93. The second-order valence-electron chi connectivity index (χ2n) is 6.38. The van der Waals surface area contributed by atoms with E-state index in [1.807, 2.05) is 6.92 Å². The van der Waals surface area contributed by atoms with Gasteiger partial charge in [0, 0.05) is 11.7 Å². The Kier molecular flexibility index (Phi) is 5.70. The van der Waals surface area contributed by atoms with Crippen molar-refractivity contribution < 1.29 is 9.18 Å². The predicted octanol–water partition coefficient (Wildman–Crippen LogP) is 3.30. The average Bonchev–Trinajstić information content (AvgIpc) is 3.26. The summed E-state index contributed by atoms with van der Waals surface area (Å²) in [6.45, 7) is 3.84. The van der Waals surface area contributed by atoms with Gasteiger partial charge in [-0.3, -0.25) is 19.5 Å². The number of benzene rings is 1. The van der Waals surface area contributed by atoms with Crippen molar-refractivity contribution in [3.8, 4) is 5.69 Å². The summed E-state index contributed by atoms with van der Waals surface area (Å²) in [5.41, 5.74) is 1.06. The van der Waals surface area contributed by atoms with E-state index in [2.05, 4.69) is 20.5 Å². The molecule has 0 saturated carbocycles. The van der Waals surface area contributed by atoms with Crippen molar-refractivity contribution in [2.45, 2.75) is 35.6 Å². The van der Waals surface area contributed by atoms with Gasteiger partial charge in [-0.15, -0.1) is 22.0 Å². The predicted molar refractivity (Wildman–Crippen MR) is 113 cm³/mol. The number of rotatable bonds is 5. The second-order valence-corrected chi connectivity index (χ2v) is 9.96. The summed E-state index contributed by atoms with van der Waals surface area (Å²) in [7, 11) is 0. The highest BCUT2D eigenvalue weighted by molar-refractivity contribution is 8.00. The summed E-state index contributed by atoms with van der Waals surface area (Å²) in [5.74, 6) is -0.609. The molecule has 1 N–H and O–H groups in total. The second kappa shape index (κ2) is 8.25. The van der Waals surface area contributed by atoms with Gasteiger partial charge in [-0.25, -0.2) is 9.37 Å². The Morgan fingerprint density at radius 2 is 2.10 bits per heavy atom. The first kappa shape index (κ1) is 20.0. The first-order chi connectivity index (χ1) is 13.9. The van der Waals surface area contributed by atoms with Crippen LogP contribution in [0.15, 0.2) is 39.1 Å². The zero-order valence-corrected chi connectivity index (χ0v) is 18.0. The number of fused-ring (bicyclic) bond motifs is 1. The summed E-state index contributed by atoms with van der Waals surface area (Å²) < 4.78 is 14.8. The first-order valence-corrected chi connectivity index (χ1v) is 11.4. The molecule has 4 rings (SSSR count). The Morgan fingerprint density at radius 3 is 2.79 bits per heavy atom. The molecule has 0 saturated heterocycles. The van der Waals surface area contributed by atoms with E-state index >= 15 is 0 Å². The molecule has 7 nitrogen and oxygen atoms in total. The van der Waals surface area contributed by atoms with Crippen molar-refractivity contribution in [1.82, 2.24) is 19.7 Å². The standard InChI is InChI=1S/C18H16FN5O2S3/c1-9-7-13-15(28-9)16(26)24(12-5-3-11(19)4-6-12)18(20-13)27-8-14(25)21-17-23-22-10(2)29-17/h3-6,9H,7-8H2,1-2H3,(H,21,23,25)/t9-/m0/s1. The molecule has 0 fully saturated rings. The Labute approximate surface area is 178 Å². The lowest BCUT2D eigenvalue weighted by Gasteiger charge is -2.13. The number of amides is 1. The Balaban J connectivity index is 1.64. The third-order valence-corrected chi connectivity index (χ3v) is 6.98. The van der Waals surface area contributed by atoms with Crippen molar-refractivity contribution >= 4 is 45.9 Å². The van der Waals surface area contributed by atoms with Crippen molar-refractivity contribution in [2.24, 2.45) is 0 Å². The zero-order valence-electron chi connectivity index (χ0n) is 15.5. The maximum Gasteiger partial charge on any atom is 0.272 e. The van der Waals surface area contributed by atoms with Gasteiger partial charge in [-0.2, -0.15) is 0 Å². The molecular formula is C18H16FN5O2S3. The van der Waals surface area contributed by atoms with Gasteiger partial charge in [-0.05, 0) is 31.2 Å². The summed E-state index contributed by atoms with van der Waals surface area (Å²) in [4.78, 5) is 30.7. The fourth-order valence-electron chi connectivity index (χ4n) is 2.85. The molecule has 1 atom stereocenters. The molecule has 0 spiro atoms. The van der Waals surface area contributed by atoms with Crippen LogP contribution in [0.1, 0.15) is 17.6 Å². The van der Waals surface area contributed by atoms with Crippen molar-refractivity contribution in [3.63, 3.8) is 0 Å². The van der Waals surface area contributed by atoms with Crippen LogP contribution in [-0.2, 0) is 11.2 Å². The van der Waals surface area contributed by atoms with Gasteiger partial charge in [0.05, 0.1) is 22.0 Å². The number of nitrogens with zero attached hydrogens (tertiary/aromatic N) is 4. The maximum atomic E-state index is 13.4. The lowest BCUT2D eigenvalue weighted by molar-refractivity contribution is -0.113. The molecule has 3 aromatic rings. The Morgan fingerprint density at radius 1 is 1.34 bits per heavy atom. The molecule has 0 aliphatic carbocycles. The molecule has 1 amide bonds.